The van der Waals surface area contributed by atoms with Crippen LogP contribution in [0.3, 0.4) is 0 Å². The van der Waals surface area contributed by atoms with Crippen LogP contribution in [0.4, 0.5) is 0 Å². The number of hydrogen-bond acceptors (Lipinski definition) is 7. The number of H-pyrrole nitrogens is 1. The van der Waals surface area contributed by atoms with Crippen molar-refractivity contribution in [3.05, 3.63) is 33.1 Å². The fourth-order valence-corrected chi connectivity index (χ4v) is 4.74. The summed E-state index contributed by atoms with van der Waals surface area (Å²) in [5.41, 5.74) is -4.77. The van der Waals surface area contributed by atoms with Gasteiger partial charge >= 0.3 is 17.6 Å². The van der Waals surface area contributed by atoms with Gasteiger partial charge in [0, 0.05) is 37.0 Å². The Morgan fingerprint density at radius 3 is 2.52 bits per heavy atom. The molecular formula is C15H17IN2O7. The van der Waals surface area contributed by atoms with Crippen LogP contribution in [0, 0.1) is 0 Å². The monoisotopic (exact) mass is 464 g/mol. The number of hydrogen-bond donors (Lipinski definition) is 1. The summed E-state index contributed by atoms with van der Waals surface area (Å²) in [5.74, 6) is -1.14. The van der Waals surface area contributed by atoms with E-state index in [9.17, 15) is 19.2 Å². The van der Waals surface area contributed by atoms with Crippen LogP contribution in [-0.2, 0) is 23.8 Å². The summed E-state index contributed by atoms with van der Waals surface area (Å²) in [6, 6.07) is 1.16. The quantitative estimate of drug-likeness (QED) is 0.386. The largest absolute Gasteiger partial charge is 0.452 e. The van der Waals surface area contributed by atoms with E-state index >= 15 is 0 Å². The highest BCUT2D eigenvalue weighted by atomic mass is 127. The number of rotatable bonds is 4. The van der Waals surface area contributed by atoms with Crippen LogP contribution in [0.2, 0.25) is 0 Å². The van der Waals surface area contributed by atoms with Crippen molar-refractivity contribution in [2.75, 3.05) is 4.43 Å². The first-order chi connectivity index (χ1) is 11.6. The van der Waals surface area contributed by atoms with Crippen molar-refractivity contribution in [1.82, 2.24) is 9.55 Å². The van der Waals surface area contributed by atoms with Gasteiger partial charge < -0.3 is 14.2 Å². The average molecular weight is 464 g/mol. The van der Waals surface area contributed by atoms with Crippen molar-refractivity contribution < 1.29 is 23.8 Å². The highest BCUT2D eigenvalue weighted by Gasteiger charge is 2.88. The van der Waals surface area contributed by atoms with E-state index in [1.165, 1.54) is 20.0 Å². The maximum absolute atomic E-state index is 12.2. The number of nitrogens with one attached hydrogen (secondary N) is 1. The predicted molar refractivity (Wildman–Crippen MR) is 92.3 cm³/mol. The van der Waals surface area contributed by atoms with Gasteiger partial charge in [-0.1, -0.05) is 22.6 Å². The molecule has 0 amide bonds. The lowest BCUT2D eigenvalue weighted by Crippen LogP contribution is -2.53. The third-order valence-electron chi connectivity index (χ3n) is 4.75. The molecule has 0 spiro atoms. The third-order valence-corrected chi connectivity index (χ3v) is 5.98. The van der Waals surface area contributed by atoms with Gasteiger partial charge in [-0.05, 0) is 6.92 Å². The molecule has 0 aromatic carbocycles. The van der Waals surface area contributed by atoms with E-state index in [2.05, 4.69) is 27.6 Å². The summed E-state index contributed by atoms with van der Waals surface area (Å²) in [5, 5.41) is 0. The fourth-order valence-electron chi connectivity index (χ4n) is 3.68. The molecular weight excluding hydrogens is 447 g/mol. The number of alkyl halides is 1. The van der Waals surface area contributed by atoms with E-state index < -0.39 is 46.2 Å². The minimum atomic E-state index is -1.43. The summed E-state index contributed by atoms with van der Waals surface area (Å²) in [6.07, 6.45) is 0.560. The summed E-state index contributed by atoms with van der Waals surface area (Å²) >= 11 is 2.10. The Morgan fingerprint density at radius 2 is 2.00 bits per heavy atom. The number of ether oxygens (including phenoxy) is 3. The molecule has 0 bridgehead atoms. The molecule has 1 N–H and O–H groups in total. The first kappa shape index (κ1) is 18.1. The van der Waals surface area contributed by atoms with Gasteiger partial charge in [-0.2, -0.15) is 0 Å². The van der Waals surface area contributed by atoms with Crippen molar-refractivity contribution in [3.63, 3.8) is 0 Å². The Kier molecular flexibility index (Phi) is 4.10. The van der Waals surface area contributed by atoms with Crippen LogP contribution in [0.1, 0.15) is 33.4 Å². The van der Waals surface area contributed by atoms with Crippen LogP contribution in [0.25, 0.3) is 0 Å². The standard InChI is InChI=1S/C15H17IN2O7/c1-8(19)23-13(3)11(18-5-4-10(21)17-12(18)22)25-14(7-16)6-15(13,14)24-9(2)20/h4-5,11H,6-7H2,1-3H3,(H,17,21,22)/t11-,13+,14-,15+/m1/s1. The fraction of sp³-hybridized carbons (Fsp3) is 0.600. The zero-order chi connectivity index (χ0) is 18.6. The molecule has 2 heterocycles. The second-order valence-electron chi connectivity index (χ2n) is 6.41. The van der Waals surface area contributed by atoms with E-state index in [1.807, 2.05) is 0 Å². The molecule has 136 valence electrons. The summed E-state index contributed by atoms with van der Waals surface area (Å²) in [6.45, 7) is 4.06. The number of carbonyl (C=O) groups is 2. The van der Waals surface area contributed by atoms with Crippen LogP contribution < -0.4 is 11.2 Å². The molecule has 0 radical (unpaired) electrons. The van der Waals surface area contributed by atoms with Crippen LogP contribution >= 0.6 is 22.6 Å². The number of aromatic nitrogens is 2. The maximum Gasteiger partial charge on any atom is 0.330 e. The van der Waals surface area contributed by atoms with Gasteiger partial charge in [0.15, 0.2) is 17.4 Å². The smallest absolute Gasteiger partial charge is 0.330 e. The molecule has 0 unspecified atom stereocenters. The second-order valence-corrected chi connectivity index (χ2v) is 7.18. The number of carbonyl (C=O) groups excluding carboxylic acids is 2. The molecule has 1 aliphatic heterocycles. The minimum absolute atomic E-state index is 0.348. The van der Waals surface area contributed by atoms with Crippen molar-refractivity contribution >= 4 is 34.5 Å². The molecule has 25 heavy (non-hydrogen) atoms. The first-order valence-electron chi connectivity index (χ1n) is 7.55. The van der Waals surface area contributed by atoms with Crippen molar-refractivity contribution in [3.8, 4) is 0 Å². The zero-order valence-corrected chi connectivity index (χ0v) is 16.0. The molecule has 10 heteroatoms. The number of aromatic amines is 1. The topological polar surface area (TPSA) is 117 Å². The van der Waals surface area contributed by atoms with Crippen LogP contribution in [0.15, 0.2) is 21.9 Å². The Morgan fingerprint density at radius 1 is 1.36 bits per heavy atom. The molecule has 2 aliphatic rings. The highest BCUT2D eigenvalue weighted by Crippen LogP contribution is 2.70. The lowest BCUT2D eigenvalue weighted by molar-refractivity contribution is -0.199. The zero-order valence-electron chi connectivity index (χ0n) is 13.8. The van der Waals surface area contributed by atoms with Crippen molar-refractivity contribution in [2.24, 2.45) is 0 Å². The number of nitrogens with zero attached hydrogens (tertiary/aromatic N) is 1. The van der Waals surface area contributed by atoms with Crippen LogP contribution in [0.5, 0.6) is 0 Å². The molecule has 2 fully saturated rings. The minimum Gasteiger partial charge on any atom is -0.452 e. The highest BCUT2D eigenvalue weighted by molar-refractivity contribution is 14.1. The lowest BCUT2D eigenvalue weighted by Gasteiger charge is -2.37. The first-order valence-corrected chi connectivity index (χ1v) is 9.08. The van der Waals surface area contributed by atoms with Gasteiger partial charge in [0.1, 0.15) is 5.60 Å². The van der Waals surface area contributed by atoms with Gasteiger partial charge in [-0.15, -0.1) is 0 Å². The Hall–Kier alpha value is -1.69. The van der Waals surface area contributed by atoms with E-state index in [0.29, 0.717) is 10.8 Å². The SMILES string of the molecule is CC(=O)O[C@]12C[C@]1(CI)O[C@@H](n1ccc(=O)[nH]c1=O)[C@]2(C)OC(C)=O. The molecule has 1 aliphatic carbocycles. The lowest BCUT2D eigenvalue weighted by atomic mass is 9.93. The molecule has 1 aromatic rings. The summed E-state index contributed by atoms with van der Waals surface area (Å²) < 4.78 is 18.8. The predicted octanol–water partition coefficient (Wildman–Crippen LogP) is 0.267. The Labute approximate surface area is 155 Å². The van der Waals surface area contributed by atoms with Crippen LogP contribution in [-0.4, -0.2) is 42.7 Å². The Balaban J connectivity index is 2.16. The van der Waals surface area contributed by atoms with E-state index in [-0.39, 0.29) is 0 Å². The van der Waals surface area contributed by atoms with Crippen molar-refractivity contribution in [2.45, 2.75) is 50.2 Å². The molecule has 1 saturated carbocycles. The van der Waals surface area contributed by atoms with Gasteiger partial charge in [0.2, 0.25) is 0 Å². The normalized spacial score (nSPS) is 35.8. The Bertz CT molecular complexity index is 864. The van der Waals surface area contributed by atoms with E-state index in [4.69, 9.17) is 14.2 Å². The summed E-state index contributed by atoms with van der Waals surface area (Å²) in [7, 11) is 0. The van der Waals surface area contributed by atoms with Gasteiger partial charge in [0.05, 0.1) is 0 Å². The molecule has 1 saturated heterocycles. The van der Waals surface area contributed by atoms with Crippen molar-refractivity contribution in [1.29, 1.82) is 0 Å². The number of esters is 2. The number of fused-ring (bicyclic) bond motifs is 1. The van der Waals surface area contributed by atoms with Gasteiger partial charge in [0.25, 0.3) is 5.56 Å². The van der Waals surface area contributed by atoms with E-state index in [1.54, 1.807) is 6.92 Å². The number of halogens is 1. The molecule has 3 rings (SSSR count). The van der Waals surface area contributed by atoms with E-state index in [0.717, 1.165) is 10.6 Å². The molecule has 9 nitrogen and oxygen atoms in total. The molecule has 4 atom stereocenters. The maximum atomic E-state index is 12.2. The van der Waals surface area contributed by atoms with Gasteiger partial charge in [-0.25, -0.2) is 4.79 Å². The second kappa shape index (κ2) is 5.66. The summed E-state index contributed by atoms with van der Waals surface area (Å²) in [4.78, 5) is 49.1. The molecule has 1 aromatic heterocycles. The van der Waals surface area contributed by atoms with Gasteiger partial charge in [-0.3, -0.25) is 23.9 Å². The average Bonchev–Trinajstić information content (AvgIpc) is 3.08. The third kappa shape index (κ3) is 2.45.